The van der Waals surface area contributed by atoms with E-state index in [0.29, 0.717) is 59.5 Å². The Kier molecular flexibility index (Phi) is 10.7. The normalized spacial score (nSPS) is 23.1. The zero-order valence-electron chi connectivity index (χ0n) is 32.6. The van der Waals surface area contributed by atoms with E-state index in [1.165, 1.54) is 34.8 Å². The molecule has 9 rings (SSSR count). The molecule has 18 heteroatoms. The number of aromatic nitrogens is 5. The lowest BCUT2D eigenvalue weighted by molar-refractivity contribution is -0.137. The number of sulfonamides is 1. The maximum atomic E-state index is 14.3. The number of nitrogens with zero attached hydrogens (tertiary/aromatic N) is 7. The molecule has 1 saturated carbocycles. The first-order valence-electron chi connectivity index (χ1n) is 20.0. The first-order valence-corrected chi connectivity index (χ1v) is 22.4. The zero-order chi connectivity index (χ0) is 41.5. The fourth-order valence-corrected chi connectivity index (χ4v) is 9.97. The number of ether oxygens (including phenoxy) is 1. The van der Waals surface area contributed by atoms with Crippen LogP contribution in [0.15, 0.2) is 77.2 Å². The third-order valence-electron chi connectivity index (χ3n) is 11.2. The van der Waals surface area contributed by atoms with E-state index in [2.05, 4.69) is 20.0 Å². The van der Waals surface area contributed by atoms with Crippen LogP contribution >= 0.6 is 11.3 Å². The van der Waals surface area contributed by atoms with E-state index in [4.69, 9.17) is 24.7 Å². The molecule has 5 heterocycles. The predicted molar refractivity (Wildman–Crippen MR) is 222 cm³/mol. The molecule has 0 radical (unpaired) electrons. The fraction of sp³-hybridized carbons (Fsp3) is 0.381. The van der Waals surface area contributed by atoms with Crippen LogP contribution < -0.4 is 14.8 Å². The number of ketones is 1. The van der Waals surface area contributed by atoms with E-state index >= 15 is 0 Å². The van der Waals surface area contributed by atoms with E-state index in [1.807, 2.05) is 42.5 Å². The summed E-state index contributed by atoms with van der Waals surface area (Å²) in [7, 11) is -3.94. The Morgan fingerprint density at radius 3 is 2.40 bits per heavy atom. The lowest BCUT2D eigenvalue weighted by Gasteiger charge is -2.33. The smallest absolute Gasteiger partial charge is 0.272 e. The second kappa shape index (κ2) is 16.2. The molecular weight excluding hydrogens is 807 g/mol. The number of amides is 3. The standard InChI is InChI=1S/C42H41N9O7S2/c1-23-20-44-32(21-43-23)40(55)47-29-11-3-2-8-24-18-31(24)45-22-33-26(39(54)50-60(56,57)25-14-15-25)19-36(53)51(33)37(17-16-34(29)52)58-41-38(46-27-9-4-5-10-28(27)48-41)42-49-30-12-6-7-13-35(30)59-42/h4-7,9-10,12-13,20-22,25-26,29,33,37H,2-3,8,11,14-19H2,1H3,(H,47,55)(H,50,54)/b45-22-/t26-,29-,33-,37+/m0/s1. The molecule has 308 valence electrons. The molecule has 2 fully saturated rings. The summed E-state index contributed by atoms with van der Waals surface area (Å²) in [5, 5.41) is 2.73. The van der Waals surface area contributed by atoms with Crippen molar-refractivity contribution in [2.75, 3.05) is 0 Å². The van der Waals surface area contributed by atoms with Crippen molar-refractivity contribution in [3.05, 3.63) is 83.6 Å². The number of aliphatic imine (C=N–C) groups is 1. The SMILES string of the molecule is Cc1cnc(C(=O)N[C@H]2CCCCC3=C(C3)/N=C\[C@H]3[C@@H](C(=O)NS(=O)(=O)C4CC4)CC(=O)N3[C@H](Oc3nc4ccccc4nc3-c3nc4ccccc4s3)CCC2=O)cn1. The summed E-state index contributed by atoms with van der Waals surface area (Å²) in [5.41, 5.74) is 4.80. The van der Waals surface area contributed by atoms with Crippen LogP contribution in [0.2, 0.25) is 0 Å². The molecule has 3 aromatic heterocycles. The summed E-state index contributed by atoms with van der Waals surface area (Å²) in [4.78, 5) is 84.9. The van der Waals surface area contributed by atoms with Gasteiger partial charge in [0.25, 0.3) is 5.91 Å². The average Bonchev–Trinajstić information content (AvgIpc) is 4.16. The molecule has 3 amide bonds. The van der Waals surface area contributed by atoms with Gasteiger partial charge < -0.3 is 10.1 Å². The second-order valence-corrected chi connectivity index (χ2v) is 18.6. The first-order chi connectivity index (χ1) is 29.0. The number of para-hydroxylation sites is 3. The van der Waals surface area contributed by atoms with E-state index in [9.17, 15) is 27.6 Å². The van der Waals surface area contributed by atoms with Gasteiger partial charge in [-0.2, -0.15) is 0 Å². The number of allylic oxidation sites excluding steroid dienone is 2. The molecule has 4 aliphatic rings. The Bertz CT molecular complexity index is 2680. The highest BCUT2D eigenvalue weighted by molar-refractivity contribution is 7.90. The van der Waals surface area contributed by atoms with Crippen LogP contribution in [0, 0.1) is 12.8 Å². The fourth-order valence-electron chi connectivity index (χ4n) is 7.67. The number of aryl methyl sites for hydroxylation is 1. The highest BCUT2D eigenvalue weighted by Gasteiger charge is 2.49. The monoisotopic (exact) mass is 847 g/mol. The number of rotatable bonds is 8. The molecule has 4 atom stereocenters. The van der Waals surface area contributed by atoms with Crippen molar-refractivity contribution in [1.82, 2.24) is 39.9 Å². The third kappa shape index (κ3) is 8.38. The van der Waals surface area contributed by atoms with Crippen LogP contribution in [0.25, 0.3) is 32.0 Å². The number of hydrogen-bond donors (Lipinski definition) is 2. The number of carbonyl (C=O) groups is 4. The van der Waals surface area contributed by atoms with Crippen LogP contribution in [-0.2, 0) is 24.4 Å². The number of carbonyl (C=O) groups excluding carboxylic acids is 4. The van der Waals surface area contributed by atoms with Crippen molar-refractivity contribution in [2.24, 2.45) is 10.9 Å². The largest absolute Gasteiger partial charge is 0.452 e. The lowest BCUT2D eigenvalue weighted by atomic mass is 9.99. The Morgan fingerprint density at radius 1 is 0.883 bits per heavy atom. The molecule has 2 aliphatic carbocycles. The van der Waals surface area contributed by atoms with Crippen molar-refractivity contribution in [3.8, 4) is 16.6 Å². The molecule has 2 N–H and O–H groups in total. The lowest BCUT2D eigenvalue weighted by Crippen LogP contribution is -2.50. The maximum absolute atomic E-state index is 14.3. The summed E-state index contributed by atoms with van der Waals surface area (Å²) >= 11 is 1.39. The van der Waals surface area contributed by atoms with Gasteiger partial charge in [-0.05, 0) is 68.9 Å². The topological polar surface area (TPSA) is 216 Å². The second-order valence-electron chi connectivity index (χ2n) is 15.6. The van der Waals surface area contributed by atoms with Crippen molar-refractivity contribution < 1.29 is 32.3 Å². The van der Waals surface area contributed by atoms with Crippen molar-refractivity contribution in [2.45, 2.75) is 94.7 Å². The molecule has 0 spiro atoms. The van der Waals surface area contributed by atoms with Gasteiger partial charge in [-0.3, -0.25) is 38.8 Å². The minimum Gasteiger partial charge on any atom is -0.452 e. The quantitative estimate of drug-likeness (QED) is 0.211. The van der Waals surface area contributed by atoms with Gasteiger partial charge in [-0.25, -0.2) is 28.4 Å². The minimum absolute atomic E-state index is 0.0470. The van der Waals surface area contributed by atoms with Gasteiger partial charge >= 0.3 is 0 Å². The molecular formula is C42H41N9O7S2. The van der Waals surface area contributed by atoms with Gasteiger partial charge in [0.1, 0.15) is 10.7 Å². The van der Waals surface area contributed by atoms with E-state index in [0.717, 1.165) is 34.3 Å². The summed E-state index contributed by atoms with van der Waals surface area (Å²) in [6.45, 7) is 1.76. The van der Waals surface area contributed by atoms with Crippen LogP contribution in [0.1, 0.15) is 80.4 Å². The molecule has 0 bridgehead atoms. The number of nitrogens with one attached hydrogen (secondary N) is 2. The van der Waals surface area contributed by atoms with Gasteiger partial charge in [-0.15, -0.1) is 11.3 Å². The van der Waals surface area contributed by atoms with E-state index in [-0.39, 0.29) is 36.6 Å². The average molecular weight is 848 g/mol. The number of benzene rings is 2. The summed E-state index contributed by atoms with van der Waals surface area (Å²) < 4.78 is 35.9. The van der Waals surface area contributed by atoms with Crippen LogP contribution in [0.5, 0.6) is 5.88 Å². The number of hydrogen-bond acceptors (Lipinski definition) is 14. The molecule has 2 aromatic carbocycles. The molecule has 16 nitrogen and oxygen atoms in total. The minimum atomic E-state index is -3.94. The Morgan fingerprint density at radius 2 is 1.65 bits per heavy atom. The summed E-state index contributed by atoms with van der Waals surface area (Å²) in [6, 6.07) is 13.0. The van der Waals surface area contributed by atoms with Crippen LogP contribution in [-0.4, -0.2) is 91.5 Å². The van der Waals surface area contributed by atoms with Gasteiger partial charge in [0, 0.05) is 43.8 Å². The van der Waals surface area contributed by atoms with Gasteiger partial charge in [0.05, 0.1) is 56.4 Å². The highest BCUT2D eigenvalue weighted by Crippen LogP contribution is 2.39. The van der Waals surface area contributed by atoms with Crippen LogP contribution in [0.3, 0.4) is 0 Å². The van der Waals surface area contributed by atoms with Crippen LogP contribution in [0.4, 0.5) is 0 Å². The number of Topliss-reactive ketones (excluding diaryl/α,β-unsaturated/α-hetero) is 1. The summed E-state index contributed by atoms with van der Waals surface area (Å²) in [5.74, 6) is -3.23. The first kappa shape index (κ1) is 39.5. The molecule has 5 aromatic rings. The molecule has 1 saturated heterocycles. The predicted octanol–water partition coefficient (Wildman–Crippen LogP) is 4.99. The van der Waals surface area contributed by atoms with Gasteiger partial charge in [-0.1, -0.05) is 30.7 Å². The zero-order valence-corrected chi connectivity index (χ0v) is 34.2. The summed E-state index contributed by atoms with van der Waals surface area (Å²) in [6.07, 6.45) is 6.62. The maximum Gasteiger partial charge on any atom is 0.272 e. The Labute approximate surface area is 349 Å². The van der Waals surface area contributed by atoms with Crippen molar-refractivity contribution >= 4 is 72.3 Å². The van der Waals surface area contributed by atoms with E-state index in [1.54, 1.807) is 13.0 Å². The Balaban J connectivity index is 1.11. The van der Waals surface area contributed by atoms with E-state index < -0.39 is 57.2 Å². The van der Waals surface area contributed by atoms with Crippen molar-refractivity contribution in [3.63, 3.8) is 0 Å². The number of thiazole rings is 1. The number of fused-ring (bicyclic) bond motifs is 3. The third-order valence-corrected chi connectivity index (χ3v) is 14.0. The van der Waals surface area contributed by atoms with Gasteiger partial charge in [0.15, 0.2) is 17.7 Å². The molecule has 60 heavy (non-hydrogen) atoms. The Hall–Kier alpha value is -6.01. The highest BCUT2D eigenvalue weighted by atomic mass is 32.2. The molecule has 2 aliphatic heterocycles. The van der Waals surface area contributed by atoms with Crippen molar-refractivity contribution in [1.29, 1.82) is 0 Å². The van der Waals surface area contributed by atoms with Gasteiger partial charge in [0.2, 0.25) is 27.7 Å². The molecule has 0 unspecified atom stereocenters.